The summed E-state index contributed by atoms with van der Waals surface area (Å²) in [7, 11) is 1.81. The van der Waals surface area contributed by atoms with Gasteiger partial charge in [-0.3, -0.25) is 4.79 Å². The Morgan fingerprint density at radius 3 is 2.76 bits per heavy atom. The standard InChI is InChI=1S/C16H17ClN2O2/c1-10-7-13(18-21-10)9-19(2)16(20)15-8-14(15)11-3-5-12(17)6-4-11/h3-7,14-15H,8-9H2,1-2H3/t14-,15+/m0/s1. The van der Waals surface area contributed by atoms with Crippen LogP contribution in [0.25, 0.3) is 0 Å². The Hall–Kier alpha value is -1.81. The summed E-state index contributed by atoms with van der Waals surface area (Å²) in [5.41, 5.74) is 1.97. The Labute approximate surface area is 128 Å². The number of halogens is 1. The number of nitrogens with zero attached hydrogens (tertiary/aromatic N) is 2. The minimum Gasteiger partial charge on any atom is -0.361 e. The maximum atomic E-state index is 12.4. The molecule has 1 aromatic carbocycles. The van der Waals surface area contributed by atoms with Crippen molar-refractivity contribution in [1.29, 1.82) is 0 Å². The van der Waals surface area contributed by atoms with Gasteiger partial charge in [-0.25, -0.2) is 0 Å². The molecule has 21 heavy (non-hydrogen) atoms. The molecule has 1 aromatic heterocycles. The molecule has 5 heteroatoms. The van der Waals surface area contributed by atoms with Crippen LogP contribution in [0.15, 0.2) is 34.9 Å². The summed E-state index contributed by atoms with van der Waals surface area (Å²) in [5.74, 6) is 1.31. The Morgan fingerprint density at radius 1 is 1.43 bits per heavy atom. The molecule has 1 aliphatic carbocycles. The third kappa shape index (κ3) is 3.10. The molecule has 1 saturated carbocycles. The van der Waals surface area contributed by atoms with Gasteiger partial charge in [0.05, 0.1) is 6.54 Å². The van der Waals surface area contributed by atoms with Crippen molar-refractivity contribution in [2.45, 2.75) is 25.8 Å². The largest absolute Gasteiger partial charge is 0.361 e. The number of carbonyl (C=O) groups is 1. The van der Waals surface area contributed by atoms with E-state index in [-0.39, 0.29) is 11.8 Å². The molecule has 0 spiro atoms. The molecule has 2 atom stereocenters. The van der Waals surface area contributed by atoms with Crippen molar-refractivity contribution in [2.24, 2.45) is 5.92 Å². The highest BCUT2D eigenvalue weighted by atomic mass is 35.5. The summed E-state index contributed by atoms with van der Waals surface area (Å²) in [5, 5.41) is 4.64. The molecule has 0 radical (unpaired) electrons. The van der Waals surface area contributed by atoms with Gasteiger partial charge in [-0.1, -0.05) is 28.9 Å². The van der Waals surface area contributed by atoms with Gasteiger partial charge >= 0.3 is 0 Å². The molecule has 0 saturated heterocycles. The van der Waals surface area contributed by atoms with Gasteiger partial charge < -0.3 is 9.42 Å². The van der Waals surface area contributed by atoms with Crippen LogP contribution in [0.3, 0.4) is 0 Å². The summed E-state index contributed by atoms with van der Waals surface area (Å²) in [6.07, 6.45) is 0.905. The van der Waals surface area contributed by atoms with Crippen LogP contribution in [0.5, 0.6) is 0 Å². The maximum Gasteiger partial charge on any atom is 0.226 e. The van der Waals surface area contributed by atoms with Crippen LogP contribution in [-0.4, -0.2) is 23.0 Å². The van der Waals surface area contributed by atoms with Gasteiger partial charge in [0.15, 0.2) is 0 Å². The first-order valence-corrected chi connectivity index (χ1v) is 7.35. The van der Waals surface area contributed by atoms with Crippen molar-refractivity contribution in [3.05, 3.63) is 52.4 Å². The third-order valence-corrected chi connectivity index (χ3v) is 4.11. The van der Waals surface area contributed by atoms with Crippen LogP contribution in [0.1, 0.15) is 29.4 Å². The molecule has 110 valence electrons. The van der Waals surface area contributed by atoms with Gasteiger partial charge in [0.2, 0.25) is 5.91 Å². The van der Waals surface area contributed by atoms with E-state index < -0.39 is 0 Å². The van der Waals surface area contributed by atoms with E-state index in [4.69, 9.17) is 16.1 Å². The lowest BCUT2D eigenvalue weighted by molar-refractivity contribution is -0.131. The first-order valence-electron chi connectivity index (χ1n) is 6.97. The fourth-order valence-corrected chi connectivity index (χ4v) is 2.77. The molecule has 3 rings (SSSR count). The molecule has 0 unspecified atom stereocenters. The number of hydrogen-bond donors (Lipinski definition) is 0. The normalized spacial score (nSPS) is 20.3. The van der Waals surface area contributed by atoms with Crippen LogP contribution >= 0.6 is 11.6 Å². The summed E-state index contributed by atoms with van der Waals surface area (Å²) in [6.45, 7) is 2.33. The highest BCUT2D eigenvalue weighted by Gasteiger charge is 2.45. The lowest BCUT2D eigenvalue weighted by Gasteiger charge is -2.15. The minimum absolute atomic E-state index is 0.0733. The summed E-state index contributed by atoms with van der Waals surface area (Å²) >= 11 is 5.89. The molecule has 0 N–H and O–H groups in total. The molecular formula is C16H17ClN2O2. The molecule has 0 bridgehead atoms. The summed E-state index contributed by atoms with van der Waals surface area (Å²) in [4.78, 5) is 14.1. The second-order valence-electron chi connectivity index (χ2n) is 5.62. The van der Waals surface area contributed by atoms with Crippen LogP contribution in [-0.2, 0) is 11.3 Å². The average Bonchev–Trinajstić information content (AvgIpc) is 3.15. The average molecular weight is 305 g/mol. The number of carbonyl (C=O) groups excluding carboxylic acids is 1. The number of hydrogen-bond acceptors (Lipinski definition) is 3. The van der Waals surface area contributed by atoms with Crippen molar-refractivity contribution in [3.8, 4) is 0 Å². The molecule has 1 heterocycles. The number of benzene rings is 1. The van der Waals surface area contributed by atoms with E-state index in [0.717, 1.165) is 22.9 Å². The molecule has 1 amide bonds. The van der Waals surface area contributed by atoms with Gasteiger partial charge in [0, 0.05) is 24.1 Å². The summed E-state index contributed by atoms with van der Waals surface area (Å²) < 4.78 is 5.02. The van der Waals surface area contributed by atoms with Gasteiger partial charge in [-0.15, -0.1) is 0 Å². The van der Waals surface area contributed by atoms with Crippen molar-refractivity contribution in [2.75, 3.05) is 7.05 Å². The van der Waals surface area contributed by atoms with Gasteiger partial charge in [-0.05, 0) is 37.0 Å². The molecule has 1 fully saturated rings. The van der Waals surface area contributed by atoms with Crippen LogP contribution < -0.4 is 0 Å². The number of amides is 1. The topological polar surface area (TPSA) is 46.3 Å². The van der Waals surface area contributed by atoms with Crippen LogP contribution in [0, 0.1) is 12.8 Å². The SMILES string of the molecule is Cc1cc(CN(C)C(=O)[C@@H]2C[C@H]2c2ccc(Cl)cc2)no1. The molecule has 1 aliphatic rings. The first kappa shape index (κ1) is 14.1. The maximum absolute atomic E-state index is 12.4. The van der Waals surface area contributed by atoms with Crippen molar-refractivity contribution >= 4 is 17.5 Å². The van der Waals surface area contributed by atoms with Gasteiger partial charge in [0.25, 0.3) is 0 Å². The Bertz CT molecular complexity index is 651. The van der Waals surface area contributed by atoms with Crippen LogP contribution in [0.2, 0.25) is 5.02 Å². The lowest BCUT2D eigenvalue weighted by atomic mass is 10.1. The zero-order chi connectivity index (χ0) is 15.0. The molecule has 2 aromatic rings. The Morgan fingerprint density at radius 2 is 2.14 bits per heavy atom. The molecule has 4 nitrogen and oxygen atoms in total. The van der Waals surface area contributed by atoms with E-state index in [1.807, 2.05) is 44.3 Å². The second kappa shape index (κ2) is 5.53. The Kier molecular flexibility index (Phi) is 3.72. The van der Waals surface area contributed by atoms with E-state index in [2.05, 4.69) is 5.16 Å². The van der Waals surface area contributed by atoms with Gasteiger partial charge in [-0.2, -0.15) is 0 Å². The van der Waals surface area contributed by atoms with Crippen molar-refractivity contribution < 1.29 is 9.32 Å². The van der Waals surface area contributed by atoms with Crippen molar-refractivity contribution in [3.63, 3.8) is 0 Å². The highest BCUT2D eigenvalue weighted by Crippen LogP contribution is 2.48. The highest BCUT2D eigenvalue weighted by molar-refractivity contribution is 6.30. The fraction of sp³-hybridized carbons (Fsp3) is 0.375. The number of aromatic nitrogens is 1. The number of aryl methyl sites for hydroxylation is 1. The van der Waals surface area contributed by atoms with Crippen LogP contribution in [0.4, 0.5) is 0 Å². The Balaban J connectivity index is 1.60. The minimum atomic E-state index is 0.0733. The summed E-state index contributed by atoms with van der Waals surface area (Å²) in [6, 6.07) is 9.60. The van der Waals surface area contributed by atoms with Crippen molar-refractivity contribution in [1.82, 2.24) is 10.1 Å². The van der Waals surface area contributed by atoms with E-state index >= 15 is 0 Å². The predicted octanol–water partition coefficient (Wildman–Crippen LogP) is 3.40. The van der Waals surface area contributed by atoms with E-state index in [1.165, 1.54) is 5.56 Å². The zero-order valence-corrected chi connectivity index (χ0v) is 12.8. The first-order chi connectivity index (χ1) is 10.0. The monoisotopic (exact) mass is 304 g/mol. The number of rotatable bonds is 4. The van der Waals surface area contributed by atoms with Gasteiger partial charge in [0.1, 0.15) is 11.5 Å². The predicted molar refractivity (Wildman–Crippen MR) is 80.0 cm³/mol. The van der Waals surface area contributed by atoms with E-state index in [9.17, 15) is 4.79 Å². The second-order valence-corrected chi connectivity index (χ2v) is 6.06. The smallest absolute Gasteiger partial charge is 0.226 e. The van der Waals surface area contributed by atoms with E-state index in [0.29, 0.717) is 12.5 Å². The zero-order valence-electron chi connectivity index (χ0n) is 12.0. The van der Waals surface area contributed by atoms with E-state index in [1.54, 1.807) is 4.90 Å². The quantitative estimate of drug-likeness (QED) is 0.869. The lowest BCUT2D eigenvalue weighted by Crippen LogP contribution is -2.28. The third-order valence-electron chi connectivity index (χ3n) is 3.86. The molecular weight excluding hydrogens is 288 g/mol. The fourth-order valence-electron chi connectivity index (χ4n) is 2.64. The molecule has 0 aliphatic heterocycles.